The van der Waals surface area contributed by atoms with Crippen LogP contribution in [-0.4, -0.2) is 56.2 Å². The van der Waals surface area contributed by atoms with Crippen LogP contribution in [0.4, 0.5) is 0 Å². The summed E-state index contributed by atoms with van der Waals surface area (Å²) < 4.78 is 4.96. The van der Waals surface area contributed by atoms with Crippen LogP contribution in [-0.2, 0) is 9.53 Å². The van der Waals surface area contributed by atoms with E-state index in [4.69, 9.17) is 9.73 Å². The SMILES string of the molecule is CCNC(=NCC(c1ccccc1)N1CCCC1)NCCCC(=O)OCC. The molecule has 1 aromatic rings. The number of hydrogen-bond donors (Lipinski definition) is 2. The lowest BCUT2D eigenvalue weighted by Gasteiger charge is -2.27. The minimum absolute atomic E-state index is 0.139. The predicted molar refractivity (Wildman–Crippen MR) is 110 cm³/mol. The monoisotopic (exact) mass is 374 g/mol. The second-order valence-electron chi connectivity index (χ2n) is 6.72. The average molecular weight is 375 g/mol. The number of esters is 1. The Hall–Kier alpha value is -2.08. The molecule has 1 aliphatic rings. The van der Waals surface area contributed by atoms with Crippen LogP contribution < -0.4 is 10.6 Å². The molecular weight excluding hydrogens is 340 g/mol. The van der Waals surface area contributed by atoms with E-state index in [1.165, 1.54) is 18.4 Å². The number of ether oxygens (including phenoxy) is 1. The highest BCUT2D eigenvalue weighted by Gasteiger charge is 2.23. The number of rotatable bonds is 10. The first-order valence-electron chi connectivity index (χ1n) is 10.2. The lowest BCUT2D eigenvalue weighted by Crippen LogP contribution is -2.39. The summed E-state index contributed by atoms with van der Waals surface area (Å²) in [7, 11) is 0. The molecule has 1 atom stereocenters. The van der Waals surface area contributed by atoms with Gasteiger partial charge in [0.05, 0.1) is 19.2 Å². The molecular formula is C21H34N4O2. The van der Waals surface area contributed by atoms with Crippen molar-refractivity contribution in [3.63, 3.8) is 0 Å². The summed E-state index contributed by atoms with van der Waals surface area (Å²) in [4.78, 5) is 18.8. The van der Waals surface area contributed by atoms with Gasteiger partial charge in [0.2, 0.25) is 0 Å². The smallest absolute Gasteiger partial charge is 0.305 e. The third-order valence-corrected chi connectivity index (χ3v) is 4.69. The standard InChI is InChI=1S/C21H34N4O2/c1-3-22-21(23-14-10-13-20(26)27-4-2)24-17-19(25-15-8-9-16-25)18-11-6-5-7-12-18/h5-7,11-12,19H,3-4,8-10,13-17H2,1-2H3,(H2,22,23,24). The molecule has 0 aliphatic carbocycles. The summed E-state index contributed by atoms with van der Waals surface area (Å²) in [6, 6.07) is 10.9. The topological polar surface area (TPSA) is 66.0 Å². The molecule has 0 amide bonds. The molecule has 0 radical (unpaired) electrons. The van der Waals surface area contributed by atoms with E-state index >= 15 is 0 Å². The number of guanidine groups is 1. The molecule has 0 saturated carbocycles. The van der Waals surface area contributed by atoms with Crippen LogP contribution in [0.2, 0.25) is 0 Å². The van der Waals surface area contributed by atoms with Gasteiger partial charge in [-0.1, -0.05) is 30.3 Å². The number of nitrogens with zero attached hydrogens (tertiary/aromatic N) is 2. The minimum Gasteiger partial charge on any atom is -0.466 e. The van der Waals surface area contributed by atoms with E-state index in [2.05, 4.69) is 52.8 Å². The highest BCUT2D eigenvalue weighted by atomic mass is 16.5. The van der Waals surface area contributed by atoms with E-state index in [-0.39, 0.29) is 5.97 Å². The first-order chi connectivity index (χ1) is 13.2. The van der Waals surface area contributed by atoms with Gasteiger partial charge in [-0.3, -0.25) is 14.7 Å². The van der Waals surface area contributed by atoms with Crippen LogP contribution in [0.5, 0.6) is 0 Å². The first kappa shape index (κ1) is 21.2. The molecule has 1 unspecified atom stereocenters. The van der Waals surface area contributed by atoms with Crippen molar-refractivity contribution >= 4 is 11.9 Å². The van der Waals surface area contributed by atoms with Crippen molar-refractivity contribution in [2.45, 2.75) is 45.6 Å². The number of carbonyl (C=O) groups is 1. The summed E-state index contributed by atoms with van der Waals surface area (Å²) in [6.07, 6.45) is 3.69. The Balaban J connectivity index is 1.92. The molecule has 150 valence electrons. The molecule has 2 N–H and O–H groups in total. The van der Waals surface area contributed by atoms with Crippen molar-refractivity contribution < 1.29 is 9.53 Å². The molecule has 0 aromatic heterocycles. The van der Waals surface area contributed by atoms with E-state index in [0.29, 0.717) is 25.6 Å². The van der Waals surface area contributed by atoms with Crippen molar-refractivity contribution in [2.75, 3.05) is 39.3 Å². The molecule has 27 heavy (non-hydrogen) atoms. The minimum atomic E-state index is -0.139. The summed E-state index contributed by atoms with van der Waals surface area (Å²) in [5.41, 5.74) is 1.32. The summed E-state index contributed by atoms with van der Waals surface area (Å²) in [5.74, 6) is 0.668. The van der Waals surface area contributed by atoms with Crippen LogP contribution in [0.25, 0.3) is 0 Å². The van der Waals surface area contributed by atoms with Crippen molar-refractivity contribution in [2.24, 2.45) is 4.99 Å². The van der Waals surface area contributed by atoms with Gasteiger partial charge in [0, 0.05) is 19.5 Å². The molecule has 1 heterocycles. The number of nitrogens with one attached hydrogen (secondary N) is 2. The maximum absolute atomic E-state index is 11.4. The van der Waals surface area contributed by atoms with Crippen LogP contribution in [0.3, 0.4) is 0 Å². The van der Waals surface area contributed by atoms with Crippen molar-refractivity contribution in [3.8, 4) is 0 Å². The molecule has 6 nitrogen and oxygen atoms in total. The Labute approximate surface area is 163 Å². The van der Waals surface area contributed by atoms with E-state index in [1.807, 2.05) is 6.92 Å². The number of aliphatic imine (C=N–C) groups is 1. The van der Waals surface area contributed by atoms with E-state index in [0.717, 1.165) is 38.6 Å². The van der Waals surface area contributed by atoms with Gasteiger partial charge >= 0.3 is 5.97 Å². The lowest BCUT2D eigenvalue weighted by molar-refractivity contribution is -0.143. The third kappa shape index (κ3) is 7.59. The molecule has 1 aliphatic heterocycles. The van der Waals surface area contributed by atoms with Gasteiger partial charge in [-0.15, -0.1) is 0 Å². The van der Waals surface area contributed by atoms with Gasteiger partial charge in [-0.25, -0.2) is 0 Å². The van der Waals surface area contributed by atoms with Gasteiger partial charge in [0.25, 0.3) is 0 Å². The molecule has 2 rings (SSSR count). The summed E-state index contributed by atoms with van der Waals surface area (Å²) >= 11 is 0. The Morgan fingerprint density at radius 1 is 1.19 bits per heavy atom. The van der Waals surface area contributed by atoms with E-state index in [1.54, 1.807) is 0 Å². The molecule has 6 heteroatoms. The predicted octanol–water partition coefficient (Wildman–Crippen LogP) is 2.72. The van der Waals surface area contributed by atoms with Gasteiger partial charge < -0.3 is 15.4 Å². The van der Waals surface area contributed by atoms with Gasteiger partial charge in [0.15, 0.2) is 5.96 Å². The number of carbonyl (C=O) groups excluding carboxylic acids is 1. The molecule has 1 aromatic carbocycles. The third-order valence-electron chi connectivity index (χ3n) is 4.69. The Morgan fingerprint density at radius 2 is 1.93 bits per heavy atom. The van der Waals surface area contributed by atoms with Gasteiger partial charge in [-0.05, 0) is 51.8 Å². The van der Waals surface area contributed by atoms with Crippen LogP contribution in [0.1, 0.15) is 51.1 Å². The fraction of sp³-hybridized carbons (Fsp3) is 0.619. The number of hydrogen-bond acceptors (Lipinski definition) is 4. The second-order valence-corrected chi connectivity index (χ2v) is 6.72. The number of benzene rings is 1. The molecule has 0 spiro atoms. The highest BCUT2D eigenvalue weighted by Crippen LogP contribution is 2.25. The van der Waals surface area contributed by atoms with Crippen LogP contribution >= 0.6 is 0 Å². The molecule has 0 bridgehead atoms. The van der Waals surface area contributed by atoms with Crippen LogP contribution in [0, 0.1) is 0 Å². The van der Waals surface area contributed by atoms with Gasteiger partial charge in [-0.2, -0.15) is 0 Å². The van der Waals surface area contributed by atoms with Gasteiger partial charge in [0.1, 0.15) is 0 Å². The largest absolute Gasteiger partial charge is 0.466 e. The Bertz CT molecular complexity index is 571. The second kappa shape index (κ2) is 12.3. The summed E-state index contributed by atoms with van der Waals surface area (Å²) in [5, 5.41) is 6.63. The Morgan fingerprint density at radius 3 is 2.59 bits per heavy atom. The van der Waals surface area contributed by atoms with Crippen LogP contribution in [0.15, 0.2) is 35.3 Å². The highest BCUT2D eigenvalue weighted by molar-refractivity contribution is 5.79. The maximum Gasteiger partial charge on any atom is 0.305 e. The average Bonchev–Trinajstić information content (AvgIpc) is 3.21. The zero-order valence-corrected chi connectivity index (χ0v) is 16.7. The maximum atomic E-state index is 11.4. The Kier molecular flexibility index (Phi) is 9.69. The zero-order chi connectivity index (χ0) is 19.3. The van der Waals surface area contributed by atoms with Crippen molar-refractivity contribution in [3.05, 3.63) is 35.9 Å². The molecule has 1 fully saturated rings. The first-order valence-corrected chi connectivity index (χ1v) is 10.2. The van der Waals surface area contributed by atoms with Crippen molar-refractivity contribution in [1.82, 2.24) is 15.5 Å². The zero-order valence-electron chi connectivity index (χ0n) is 16.7. The van der Waals surface area contributed by atoms with Crippen molar-refractivity contribution in [1.29, 1.82) is 0 Å². The fourth-order valence-corrected chi connectivity index (χ4v) is 3.35. The normalized spacial score (nSPS) is 16.1. The summed E-state index contributed by atoms with van der Waals surface area (Å²) in [6.45, 7) is 8.83. The number of likely N-dealkylation sites (tertiary alicyclic amines) is 1. The van der Waals surface area contributed by atoms with E-state index in [9.17, 15) is 4.79 Å². The lowest BCUT2D eigenvalue weighted by atomic mass is 10.1. The molecule has 1 saturated heterocycles. The fourth-order valence-electron chi connectivity index (χ4n) is 3.35. The quantitative estimate of drug-likeness (QED) is 0.285. The van der Waals surface area contributed by atoms with E-state index < -0.39 is 0 Å².